The Morgan fingerprint density at radius 3 is 2.67 bits per heavy atom. The first-order valence-corrected chi connectivity index (χ1v) is 9.51. The van der Waals surface area contributed by atoms with Crippen LogP contribution in [0.2, 0.25) is 0 Å². The fourth-order valence-electron chi connectivity index (χ4n) is 3.05. The predicted molar refractivity (Wildman–Crippen MR) is 103 cm³/mol. The number of methoxy groups -OCH3 is 2. The van der Waals surface area contributed by atoms with Gasteiger partial charge in [-0.05, 0) is 46.5 Å². The fourth-order valence-corrected chi connectivity index (χ4v) is 3.25. The Morgan fingerprint density at radius 2 is 1.96 bits per heavy atom. The Morgan fingerprint density at radius 1 is 1.22 bits per heavy atom. The number of benzene rings is 1. The maximum absolute atomic E-state index is 12.7. The average molecular weight is 436 g/mol. The number of carbonyl (C=O) groups is 1. The minimum atomic E-state index is -0.103. The molecule has 1 fully saturated rings. The van der Waals surface area contributed by atoms with E-state index in [9.17, 15) is 4.79 Å². The smallest absolute Gasteiger partial charge is 0.316 e. The molecule has 2 heterocycles. The van der Waals surface area contributed by atoms with Crippen LogP contribution in [-0.2, 0) is 11.2 Å². The highest BCUT2D eigenvalue weighted by Gasteiger charge is 2.25. The van der Waals surface area contributed by atoms with Crippen LogP contribution in [0.5, 0.6) is 17.5 Å². The molecule has 0 radical (unpaired) electrons. The van der Waals surface area contributed by atoms with E-state index in [4.69, 9.17) is 14.2 Å². The van der Waals surface area contributed by atoms with Gasteiger partial charge in [-0.2, -0.15) is 0 Å². The molecular weight excluding hydrogens is 414 g/mol. The largest absolute Gasteiger partial charge is 0.493 e. The van der Waals surface area contributed by atoms with Crippen molar-refractivity contribution < 1.29 is 19.0 Å². The summed E-state index contributed by atoms with van der Waals surface area (Å²) in [5, 5.41) is 0. The van der Waals surface area contributed by atoms with Gasteiger partial charge in [0.2, 0.25) is 5.91 Å². The molecule has 0 bridgehead atoms. The third-order valence-corrected chi connectivity index (χ3v) is 4.81. The first kappa shape index (κ1) is 19.4. The molecule has 0 N–H and O–H groups in total. The van der Waals surface area contributed by atoms with Crippen LogP contribution in [0.15, 0.2) is 35.1 Å². The lowest BCUT2D eigenvalue weighted by Gasteiger charge is -2.32. The highest BCUT2D eigenvalue weighted by molar-refractivity contribution is 9.10. The second kappa shape index (κ2) is 9.03. The highest BCUT2D eigenvalue weighted by Crippen LogP contribution is 2.28. The van der Waals surface area contributed by atoms with Crippen LogP contribution >= 0.6 is 15.9 Å². The number of halogens is 1. The maximum Gasteiger partial charge on any atom is 0.316 e. The Balaban J connectivity index is 1.60. The van der Waals surface area contributed by atoms with E-state index in [-0.39, 0.29) is 12.0 Å². The number of likely N-dealkylation sites (tertiary alicyclic amines) is 1. The lowest BCUT2D eigenvalue weighted by Crippen LogP contribution is -2.45. The van der Waals surface area contributed by atoms with Gasteiger partial charge in [0.1, 0.15) is 6.10 Å². The van der Waals surface area contributed by atoms with Gasteiger partial charge in [0.15, 0.2) is 11.5 Å². The molecule has 1 aromatic heterocycles. The van der Waals surface area contributed by atoms with E-state index in [1.54, 1.807) is 26.6 Å². The van der Waals surface area contributed by atoms with E-state index in [2.05, 4.69) is 25.9 Å². The van der Waals surface area contributed by atoms with Crippen LogP contribution in [0.4, 0.5) is 0 Å². The van der Waals surface area contributed by atoms with Crippen LogP contribution in [0.1, 0.15) is 18.4 Å². The first-order chi connectivity index (χ1) is 13.1. The number of ether oxygens (including phenoxy) is 3. The molecule has 1 aromatic carbocycles. The van der Waals surface area contributed by atoms with Crippen molar-refractivity contribution >= 4 is 21.8 Å². The average Bonchev–Trinajstić information content (AvgIpc) is 2.70. The molecule has 1 aliphatic rings. The molecule has 1 amide bonds. The molecule has 0 unspecified atom stereocenters. The molecule has 3 rings (SSSR count). The number of rotatable bonds is 6. The number of piperidine rings is 1. The lowest BCUT2D eigenvalue weighted by atomic mass is 10.1. The zero-order chi connectivity index (χ0) is 19.2. The van der Waals surface area contributed by atoms with E-state index < -0.39 is 0 Å². The summed E-state index contributed by atoms with van der Waals surface area (Å²) in [4.78, 5) is 22.8. The lowest BCUT2D eigenvalue weighted by molar-refractivity contribution is -0.133. The van der Waals surface area contributed by atoms with Gasteiger partial charge in [-0.3, -0.25) is 4.79 Å². The minimum Gasteiger partial charge on any atom is -0.493 e. The topological polar surface area (TPSA) is 73.8 Å². The van der Waals surface area contributed by atoms with E-state index in [1.807, 2.05) is 23.1 Å². The van der Waals surface area contributed by atoms with Crippen molar-refractivity contribution in [3.8, 4) is 17.5 Å². The van der Waals surface area contributed by atoms with E-state index in [1.165, 1.54) is 0 Å². The molecule has 8 heteroatoms. The minimum absolute atomic E-state index is 0.0623. The summed E-state index contributed by atoms with van der Waals surface area (Å²) < 4.78 is 17.2. The monoisotopic (exact) mass is 435 g/mol. The molecule has 144 valence electrons. The summed E-state index contributed by atoms with van der Waals surface area (Å²) >= 11 is 3.30. The van der Waals surface area contributed by atoms with Crippen LogP contribution in [0, 0.1) is 0 Å². The standard InChI is InChI=1S/C19H22BrN3O4/c1-25-16-6-5-13(8-17(16)26-2)9-18(24)23-7-3-4-15(12-23)27-19-21-10-14(20)11-22-19/h5-6,8,10-11,15H,3-4,7,9,12H2,1-2H3/t15-/m1/s1. The molecule has 0 spiro atoms. The third kappa shape index (κ3) is 5.09. The summed E-state index contributed by atoms with van der Waals surface area (Å²) in [5.74, 6) is 1.33. The van der Waals surface area contributed by atoms with Gasteiger partial charge in [-0.25, -0.2) is 9.97 Å². The van der Waals surface area contributed by atoms with Crippen LogP contribution < -0.4 is 14.2 Å². The number of amides is 1. The highest BCUT2D eigenvalue weighted by atomic mass is 79.9. The van der Waals surface area contributed by atoms with Crippen molar-refractivity contribution in [3.63, 3.8) is 0 Å². The third-order valence-electron chi connectivity index (χ3n) is 4.40. The van der Waals surface area contributed by atoms with Gasteiger partial charge in [0.05, 0.1) is 31.7 Å². The SMILES string of the molecule is COc1ccc(CC(=O)N2CCC[C@@H](Oc3ncc(Br)cn3)C2)cc1OC. The number of nitrogens with zero attached hydrogens (tertiary/aromatic N) is 3. The van der Waals surface area contributed by atoms with E-state index in [0.717, 1.165) is 29.4 Å². The molecule has 1 atom stereocenters. The zero-order valence-corrected chi connectivity index (χ0v) is 16.9. The van der Waals surface area contributed by atoms with Crippen LogP contribution in [-0.4, -0.2) is 54.2 Å². The molecule has 1 aliphatic heterocycles. The van der Waals surface area contributed by atoms with Crippen molar-refractivity contribution in [3.05, 3.63) is 40.6 Å². The van der Waals surface area contributed by atoms with Crippen molar-refractivity contribution in [2.75, 3.05) is 27.3 Å². The number of carbonyl (C=O) groups excluding carboxylic acids is 1. The van der Waals surface area contributed by atoms with E-state index >= 15 is 0 Å². The molecule has 2 aromatic rings. The molecule has 0 aliphatic carbocycles. The fraction of sp³-hybridized carbons (Fsp3) is 0.421. The van der Waals surface area contributed by atoms with Crippen molar-refractivity contribution in [2.45, 2.75) is 25.4 Å². The Kier molecular flexibility index (Phi) is 6.49. The van der Waals surface area contributed by atoms with Gasteiger partial charge in [-0.1, -0.05) is 6.07 Å². The molecule has 0 saturated carbocycles. The molecule has 7 nitrogen and oxygen atoms in total. The van der Waals surface area contributed by atoms with Crippen molar-refractivity contribution in [2.24, 2.45) is 0 Å². The number of hydrogen-bond acceptors (Lipinski definition) is 6. The zero-order valence-electron chi connectivity index (χ0n) is 15.4. The second-order valence-electron chi connectivity index (χ2n) is 6.27. The van der Waals surface area contributed by atoms with Gasteiger partial charge in [0, 0.05) is 18.9 Å². The predicted octanol–water partition coefficient (Wildman–Crippen LogP) is 2.87. The van der Waals surface area contributed by atoms with Crippen LogP contribution in [0.25, 0.3) is 0 Å². The van der Waals surface area contributed by atoms with Crippen molar-refractivity contribution in [1.82, 2.24) is 14.9 Å². The maximum atomic E-state index is 12.7. The van der Waals surface area contributed by atoms with Gasteiger partial charge >= 0.3 is 6.01 Å². The molecule has 27 heavy (non-hydrogen) atoms. The Labute approximate surface area is 166 Å². The number of aromatic nitrogens is 2. The van der Waals surface area contributed by atoms with Gasteiger partial charge in [-0.15, -0.1) is 0 Å². The van der Waals surface area contributed by atoms with Crippen LogP contribution in [0.3, 0.4) is 0 Å². The Bertz CT molecular complexity index is 785. The molecule has 1 saturated heterocycles. The summed E-state index contributed by atoms with van der Waals surface area (Å²) in [6, 6.07) is 5.86. The van der Waals surface area contributed by atoms with Gasteiger partial charge in [0.25, 0.3) is 0 Å². The quantitative estimate of drug-likeness (QED) is 0.694. The summed E-state index contributed by atoms with van der Waals surface area (Å²) in [6.45, 7) is 1.26. The first-order valence-electron chi connectivity index (χ1n) is 8.72. The summed E-state index contributed by atoms with van der Waals surface area (Å²) in [6.07, 6.45) is 5.26. The normalized spacial score (nSPS) is 16.7. The summed E-state index contributed by atoms with van der Waals surface area (Å²) in [5.41, 5.74) is 0.886. The number of hydrogen-bond donors (Lipinski definition) is 0. The van der Waals surface area contributed by atoms with E-state index in [0.29, 0.717) is 30.5 Å². The van der Waals surface area contributed by atoms with Gasteiger partial charge < -0.3 is 19.1 Å². The molecular formula is C19H22BrN3O4. The Hall–Kier alpha value is -2.35. The summed E-state index contributed by atoms with van der Waals surface area (Å²) in [7, 11) is 3.17. The van der Waals surface area contributed by atoms with Crippen molar-refractivity contribution in [1.29, 1.82) is 0 Å². The second-order valence-corrected chi connectivity index (χ2v) is 7.19.